The molecular formula is C17H13NO4S. The van der Waals surface area contributed by atoms with E-state index in [1.165, 1.54) is 42.5 Å². The Bertz CT molecular complexity index is 903. The average Bonchev–Trinajstić information content (AvgIpc) is 2.53. The molecule has 0 heterocycles. The predicted octanol–water partition coefficient (Wildman–Crippen LogP) is 3.03. The van der Waals surface area contributed by atoms with Gasteiger partial charge in [0.15, 0.2) is 0 Å². The summed E-state index contributed by atoms with van der Waals surface area (Å²) >= 11 is 0. The third-order valence-electron chi connectivity index (χ3n) is 3.19. The lowest BCUT2D eigenvalue weighted by Gasteiger charge is -2.04. The number of aryl methyl sites for hydroxylation is 1. The number of hydrogen-bond acceptors (Lipinski definition) is 4. The van der Waals surface area contributed by atoms with Crippen molar-refractivity contribution in [3.8, 4) is 6.07 Å². The monoisotopic (exact) mass is 327 g/mol. The topological polar surface area (TPSA) is 95.2 Å². The van der Waals surface area contributed by atoms with Gasteiger partial charge in [-0.15, -0.1) is 0 Å². The minimum Gasteiger partial charge on any atom is -0.478 e. The lowest BCUT2D eigenvalue weighted by Crippen LogP contribution is -2.03. The summed E-state index contributed by atoms with van der Waals surface area (Å²) in [5.41, 5.74) is 1.43. The maximum atomic E-state index is 12.5. The standard InChI is InChI=1S/C17H13NO4S/c1-12-2-8-15(9-3-12)23(21,22)16(11-18)10-13-4-6-14(7-5-13)17(19)20/h2-10H,1H3,(H,19,20)/b16-10+. The van der Waals surface area contributed by atoms with Crippen molar-refractivity contribution in [2.24, 2.45) is 0 Å². The minimum absolute atomic E-state index is 0.0399. The second-order valence-corrected chi connectivity index (χ2v) is 6.78. The largest absolute Gasteiger partial charge is 0.478 e. The van der Waals surface area contributed by atoms with Gasteiger partial charge in [0.1, 0.15) is 11.0 Å². The molecule has 0 saturated carbocycles. The van der Waals surface area contributed by atoms with Crippen molar-refractivity contribution >= 4 is 21.9 Å². The first-order valence-electron chi connectivity index (χ1n) is 6.61. The first kappa shape index (κ1) is 16.5. The number of nitriles is 1. The van der Waals surface area contributed by atoms with Gasteiger partial charge in [-0.2, -0.15) is 5.26 Å². The van der Waals surface area contributed by atoms with Crippen LogP contribution >= 0.6 is 0 Å². The third kappa shape index (κ3) is 3.65. The van der Waals surface area contributed by atoms with Gasteiger partial charge in [-0.05, 0) is 42.8 Å². The number of hydrogen-bond donors (Lipinski definition) is 1. The Kier molecular flexibility index (Phi) is 4.63. The molecule has 0 aliphatic rings. The summed E-state index contributed by atoms with van der Waals surface area (Å²) in [6.07, 6.45) is 1.22. The highest BCUT2D eigenvalue weighted by Crippen LogP contribution is 2.21. The Morgan fingerprint density at radius 3 is 2.13 bits per heavy atom. The summed E-state index contributed by atoms with van der Waals surface area (Å²) in [5.74, 6) is -1.08. The SMILES string of the molecule is Cc1ccc(S(=O)(=O)/C(C#N)=C/c2ccc(C(=O)O)cc2)cc1. The highest BCUT2D eigenvalue weighted by Gasteiger charge is 2.20. The first-order chi connectivity index (χ1) is 10.8. The van der Waals surface area contributed by atoms with Gasteiger partial charge in [-0.3, -0.25) is 0 Å². The zero-order chi connectivity index (χ0) is 17.0. The van der Waals surface area contributed by atoms with E-state index >= 15 is 0 Å². The molecule has 0 unspecified atom stereocenters. The highest BCUT2D eigenvalue weighted by molar-refractivity contribution is 7.95. The Hall–Kier alpha value is -2.91. The number of carboxylic acids is 1. The fourth-order valence-corrected chi connectivity index (χ4v) is 3.05. The first-order valence-corrected chi connectivity index (χ1v) is 8.10. The molecule has 0 fully saturated rings. The molecule has 0 amide bonds. The quantitative estimate of drug-likeness (QED) is 0.871. The van der Waals surface area contributed by atoms with Gasteiger partial charge >= 0.3 is 5.97 Å². The summed E-state index contributed by atoms with van der Waals surface area (Å²) < 4.78 is 24.9. The molecule has 6 heteroatoms. The van der Waals surface area contributed by atoms with E-state index in [-0.39, 0.29) is 10.5 Å². The van der Waals surface area contributed by atoms with Crippen LogP contribution in [0.3, 0.4) is 0 Å². The van der Waals surface area contributed by atoms with Crippen LogP contribution in [0.5, 0.6) is 0 Å². The van der Waals surface area contributed by atoms with Crippen LogP contribution in [0.4, 0.5) is 0 Å². The van der Waals surface area contributed by atoms with Gasteiger partial charge in [-0.1, -0.05) is 29.8 Å². The van der Waals surface area contributed by atoms with E-state index in [1.54, 1.807) is 18.2 Å². The van der Waals surface area contributed by atoms with Crippen molar-refractivity contribution in [2.75, 3.05) is 0 Å². The van der Waals surface area contributed by atoms with Crippen molar-refractivity contribution in [3.63, 3.8) is 0 Å². The third-order valence-corrected chi connectivity index (χ3v) is 4.87. The van der Waals surface area contributed by atoms with Gasteiger partial charge in [0.05, 0.1) is 10.5 Å². The van der Waals surface area contributed by atoms with Crippen molar-refractivity contribution < 1.29 is 18.3 Å². The van der Waals surface area contributed by atoms with Gasteiger partial charge in [0.2, 0.25) is 9.84 Å². The Morgan fingerprint density at radius 2 is 1.65 bits per heavy atom. The summed E-state index contributed by atoms with van der Waals surface area (Å²) in [4.78, 5) is 10.4. The minimum atomic E-state index is -3.91. The van der Waals surface area contributed by atoms with Gasteiger partial charge in [0.25, 0.3) is 0 Å². The van der Waals surface area contributed by atoms with Crippen LogP contribution in [0, 0.1) is 18.3 Å². The van der Waals surface area contributed by atoms with Crippen LogP contribution in [0.1, 0.15) is 21.5 Å². The average molecular weight is 327 g/mol. The number of rotatable bonds is 4. The maximum absolute atomic E-state index is 12.5. The fourth-order valence-electron chi connectivity index (χ4n) is 1.89. The van der Waals surface area contributed by atoms with Gasteiger partial charge < -0.3 is 5.11 Å². The summed E-state index contributed by atoms with van der Waals surface area (Å²) in [5, 5.41) is 18.0. The van der Waals surface area contributed by atoms with E-state index in [9.17, 15) is 18.5 Å². The second-order valence-electron chi connectivity index (χ2n) is 4.86. The Morgan fingerprint density at radius 1 is 1.09 bits per heavy atom. The molecule has 1 N–H and O–H groups in total. The van der Waals surface area contributed by atoms with Gasteiger partial charge in [-0.25, -0.2) is 13.2 Å². The van der Waals surface area contributed by atoms with E-state index in [4.69, 9.17) is 5.11 Å². The smallest absolute Gasteiger partial charge is 0.335 e. The van der Waals surface area contributed by atoms with E-state index < -0.39 is 20.7 Å². The number of carboxylic acid groups (broad SMARTS) is 1. The normalized spacial score (nSPS) is 11.7. The Balaban J connectivity index is 2.44. The van der Waals surface area contributed by atoms with Crippen molar-refractivity contribution in [1.82, 2.24) is 0 Å². The van der Waals surface area contributed by atoms with Gasteiger partial charge in [0, 0.05) is 0 Å². The van der Waals surface area contributed by atoms with Crippen LogP contribution in [-0.4, -0.2) is 19.5 Å². The molecule has 0 atom stereocenters. The molecule has 0 spiro atoms. The number of aromatic carboxylic acids is 1. The maximum Gasteiger partial charge on any atom is 0.335 e. The van der Waals surface area contributed by atoms with E-state index in [2.05, 4.69) is 0 Å². The summed E-state index contributed by atoms with van der Waals surface area (Å²) in [6.45, 7) is 1.83. The van der Waals surface area contributed by atoms with E-state index in [0.29, 0.717) is 5.56 Å². The molecule has 23 heavy (non-hydrogen) atoms. The molecule has 0 radical (unpaired) electrons. The van der Waals surface area contributed by atoms with Crippen LogP contribution in [0.25, 0.3) is 6.08 Å². The number of allylic oxidation sites excluding steroid dienone is 1. The lowest BCUT2D eigenvalue weighted by atomic mass is 10.1. The highest BCUT2D eigenvalue weighted by atomic mass is 32.2. The zero-order valence-corrected chi connectivity index (χ0v) is 13.0. The molecular weight excluding hydrogens is 314 g/mol. The van der Waals surface area contributed by atoms with E-state index in [1.807, 2.05) is 6.92 Å². The molecule has 116 valence electrons. The molecule has 5 nitrogen and oxygen atoms in total. The number of carbonyl (C=O) groups is 1. The molecule has 0 saturated heterocycles. The molecule has 0 aliphatic carbocycles. The number of sulfone groups is 1. The number of benzene rings is 2. The fraction of sp³-hybridized carbons (Fsp3) is 0.0588. The zero-order valence-electron chi connectivity index (χ0n) is 12.2. The molecule has 2 rings (SSSR count). The Labute approximate surface area is 134 Å². The number of nitrogens with zero attached hydrogens (tertiary/aromatic N) is 1. The molecule has 2 aromatic carbocycles. The summed E-state index contributed by atoms with van der Waals surface area (Å²) in [6, 6.07) is 13.5. The van der Waals surface area contributed by atoms with E-state index in [0.717, 1.165) is 5.56 Å². The second kappa shape index (κ2) is 6.46. The molecule has 0 aromatic heterocycles. The van der Waals surface area contributed by atoms with Crippen molar-refractivity contribution in [3.05, 3.63) is 70.1 Å². The lowest BCUT2D eigenvalue weighted by molar-refractivity contribution is 0.0697. The van der Waals surface area contributed by atoms with Crippen LogP contribution < -0.4 is 0 Å². The van der Waals surface area contributed by atoms with Crippen LogP contribution in [-0.2, 0) is 9.84 Å². The van der Waals surface area contributed by atoms with Crippen molar-refractivity contribution in [1.29, 1.82) is 5.26 Å². The summed E-state index contributed by atoms with van der Waals surface area (Å²) in [7, 11) is -3.91. The van der Waals surface area contributed by atoms with Crippen LogP contribution in [0.2, 0.25) is 0 Å². The van der Waals surface area contributed by atoms with Crippen LogP contribution in [0.15, 0.2) is 58.3 Å². The predicted molar refractivity (Wildman–Crippen MR) is 85.4 cm³/mol. The molecule has 0 bridgehead atoms. The molecule has 2 aromatic rings. The van der Waals surface area contributed by atoms with Crippen molar-refractivity contribution in [2.45, 2.75) is 11.8 Å². The molecule has 0 aliphatic heterocycles.